The highest BCUT2D eigenvalue weighted by Crippen LogP contribution is 2.16. The minimum absolute atomic E-state index is 0.832. The Morgan fingerprint density at radius 3 is 2.92 bits per heavy atom. The number of hydrogen-bond acceptors (Lipinski definition) is 1. The van der Waals surface area contributed by atoms with Gasteiger partial charge in [-0.1, -0.05) is 25.8 Å². The van der Waals surface area contributed by atoms with Crippen LogP contribution in [0.1, 0.15) is 31.7 Å². The van der Waals surface area contributed by atoms with Crippen molar-refractivity contribution in [1.82, 2.24) is 0 Å². The minimum Gasteiger partial charge on any atom is -0.493 e. The number of hydrogen-bond donors (Lipinski definition) is 0. The second kappa shape index (κ2) is 5.63. The van der Waals surface area contributed by atoms with Crippen LogP contribution in [0.3, 0.4) is 0 Å². The van der Waals surface area contributed by atoms with Crippen LogP contribution in [0.2, 0.25) is 0 Å². The summed E-state index contributed by atoms with van der Waals surface area (Å²) in [4.78, 5) is 0. The normalized spacial score (nSPS) is 10.0. The highest BCUT2D eigenvalue weighted by molar-refractivity contribution is 5.31. The Hall–Kier alpha value is -0.980. The highest BCUT2D eigenvalue weighted by atomic mass is 16.5. The molecule has 0 heterocycles. The number of benzene rings is 1. The Morgan fingerprint density at radius 1 is 1.38 bits per heavy atom. The maximum Gasteiger partial charge on any atom is 0.122 e. The van der Waals surface area contributed by atoms with Crippen LogP contribution in [0.25, 0.3) is 0 Å². The zero-order valence-electron chi connectivity index (χ0n) is 8.47. The van der Waals surface area contributed by atoms with Crippen LogP contribution in [0.4, 0.5) is 0 Å². The van der Waals surface area contributed by atoms with Gasteiger partial charge in [0.2, 0.25) is 0 Å². The average Bonchev–Trinajstić information content (AvgIpc) is 2.15. The van der Waals surface area contributed by atoms with E-state index in [1.54, 1.807) is 0 Å². The minimum atomic E-state index is 0.832. The van der Waals surface area contributed by atoms with Gasteiger partial charge in [-0.05, 0) is 37.1 Å². The maximum absolute atomic E-state index is 5.62. The van der Waals surface area contributed by atoms with Gasteiger partial charge in [-0.3, -0.25) is 0 Å². The van der Waals surface area contributed by atoms with Gasteiger partial charge in [-0.25, -0.2) is 0 Å². The Balaban J connectivity index is 2.32. The number of rotatable bonds is 5. The molecule has 0 bridgehead atoms. The number of aryl methyl sites for hydroxylation is 1. The molecule has 0 fully saturated rings. The van der Waals surface area contributed by atoms with Gasteiger partial charge in [0.25, 0.3) is 0 Å². The molecule has 1 aromatic carbocycles. The van der Waals surface area contributed by atoms with Gasteiger partial charge >= 0.3 is 0 Å². The molecule has 0 atom stereocenters. The lowest BCUT2D eigenvalue weighted by atomic mass is 10.2. The van der Waals surface area contributed by atoms with Gasteiger partial charge in [0.1, 0.15) is 5.75 Å². The summed E-state index contributed by atoms with van der Waals surface area (Å²) in [6.45, 7) is 5.08. The molecule has 13 heavy (non-hydrogen) atoms. The third kappa shape index (κ3) is 3.49. The Morgan fingerprint density at radius 2 is 2.23 bits per heavy atom. The number of ether oxygens (including phenoxy) is 1. The Bertz CT molecular complexity index is 243. The fourth-order valence-corrected chi connectivity index (χ4v) is 1.20. The quantitative estimate of drug-likeness (QED) is 0.626. The van der Waals surface area contributed by atoms with Crippen molar-refractivity contribution in [3.05, 3.63) is 29.8 Å². The van der Waals surface area contributed by atoms with Crippen molar-refractivity contribution in [2.24, 2.45) is 0 Å². The molecule has 0 spiro atoms. The van der Waals surface area contributed by atoms with E-state index in [-0.39, 0.29) is 0 Å². The van der Waals surface area contributed by atoms with Crippen molar-refractivity contribution in [3.63, 3.8) is 0 Å². The molecule has 0 N–H and O–H groups in total. The van der Waals surface area contributed by atoms with E-state index in [1.165, 1.54) is 18.4 Å². The largest absolute Gasteiger partial charge is 0.493 e. The molecule has 1 aromatic rings. The van der Waals surface area contributed by atoms with Crippen LogP contribution >= 0.6 is 0 Å². The van der Waals surface area contributed by atoms with Crippen molar-refractivity contribution in [2.45, 2.75) is 33.1 Å². The van der Waals surface area contributed by atoms with E-state index >= 15 is 0 Å². The van der Waals surface area contributed by atoms with Gasteiger partial charge in [0.15, 0.2) is 0 Å². The summed E-state index contributed by atoms with van der Waals surface area (Å²) in [7, 11) is 0. The fraction of sp³-hybridized carbons (Fsp3) is 0.500. The molecule has 71 valence electrons. The molecule has 0 unspecified atom stereocenters. The van der Waals surface area contributed by atoms with Gasteiger partial charge < -0.3 is 4.74 Å². The molecular formula is C12H17O. The second-order valence-electron chi connectivity index (χ2n) is 3.25. The van der Waals surface area contributed by atoms with Crippen LogP contribution in [0.5, 0.6) is 5.75 Å². The molecule has 0 saturated carbocycles. The van der Waals surface area contributed by atoms with E-state index in [9.17, 15) is 0 Å². The predicted octanol–water partition coefficient (Wildman–Crippen LogP) is 3.36. The first-order valence-corrected chi connectivity index (χ1v) is 4.94. The van der Waals surface area contributed by atoms with Crippen LogP contribution in [0, 0.1) is 13.0 Å². The molecule has 1 heteroatoms. The van der Waals surface area contributed by atoms with Crippen molar-refractivity contribution in [3.8, 4) is 5.75 Å². The molecule has 0 aliphatic rings. The summed E-state index contributed by atoms with van der Waals surface area (Å²) in [6.07, 6.45) is 3.64. The average molecular weight is 177 g/mol. The molecule has 0 amide bonds. The number of unbranched alkanes of at least 4 members (excludes halogenated alkanes) is 2. The first-order valence-electron chi connectivity index (χ1n) is 4.94. The fourth-order valence-electron chi connectivity index (χ4n) is 1.20. The Kier molecular flexibility index (Phi) is 4.37. The van der Waals surface area contributed by atoms with Crippen LogP contribution < -0.4 is 4.74 Å². The smallest absolute Gasteiger partial charge is 0.122 e. The SMILES string of the molecule is CCCCCOc1cc[c]cc1C. The second-order valence-corrected chi connectivity index (χ2v) is 3.25. The third-order valence-corrected chi connectivity index (χ3v) is 2.02. The highest BCUT2D eigenvalue weighted by Gasteiger charge is 1.96. The topological polar surface area (TPSA) is 9.23 Å². The van der Waals surface area contributed by atoms with Crippen molar-refractivity contribution in [1.29, 1.82) is 0 Å². The van der Waals surface area contributed by atoms with Gasteiger partial charge in [-0.15, -0.1) is 0 Å². The van der Waals surface area contributed by atoms with Gasteiger partial charge in [0.05, 0.1) is 6.61 Å². The predicted molar refractivity (Wildman–Crippen MR) is 55.0 cm³/mol. The monoisotopic (exact) mass is 177 g/mol. The molecule has 1 radical (unpaired) electrons. The standard InChI is InChI=1S/C12H17O/c1-3-4-7-10-13-12-9-6-5-8-11(12)2/h6,8-9H,3-4,7,10H2,1-2H3. The first-order chi connectivity index (χ1) is 6.34. The lowest BCUT2D eigenvalue weighted by Crippen LogP contribution is -1.98. The van der Waals surface area contributed by atoms with Crippen LogP contribution in [-0.4, -0.2) is 6.61 Å². The molecular weight excluding hydrogens is 160 g/mol. The maximum atomic E-state index is 5.62. The molecule has 0 saturated heterocycles. The zero-order chi connectivity index (χ0) is 9.52. The molecule has 0 aliphatic carbocycles. The third-order valence-electron chi connectivity index (χ3n) is 2.02. The van der Waals surface area contributed by atoms with Gasteiger partial charge in [0, 0.05) is 0 Å². The molecule has 1 rings (SSSR count). The van der Waals surface area contributed by atoms with E-state index in [1.807, 2.05) is 25.1 Å². The van der Waals surface area contributed by atoms with Crippen molar-refractivity contribution in [2.75, 3.05) is 6.61 Å². The van der Waals surface area contributed by atoms with E-state index in [0.29, 0.717) is 0 Å². The molecule has 0 aliphatic heterocycles. The zero-order valence-corrected chi connectivity index (χ0v) is 8.47. The van der Waals surface area contributed by atoms with E-state index in [2.05, 4.69) is 13.0 Å². The van der Waals surface area contributed by atoms with E-state index < -0.39 is 0 Å². The van der Waals surface area contributed by atoms with Crippen molar-refractivity contribution >= 4 is 0 Å². The summed E-state index contributed by atoms with van der Waals surface area (Å²) in [5, 5.41) is 0. The molecule has 1 nitrogen and oxygen atoms in total. The van der Waals surface area contributed by atoms with Crippen LogP contribution in [0.15, 0.2) is 18.2 Å². The van der Waals surface area contributed by atoms with Crippen LogP contribution in [-0.2, 0) is 0 Å². The van der Waals surface area contributed by atoms with E-state index in [0.717, 1.165) is 18.8 Å². The first kappa shape index (κ1) is 10.1. The summed E-state index contributed by atoms with van der Waals surface area (Å²) in [5.41, 5.74) is 1.17. The van der Waals surface area contributed by atoms with Crippen molar-refractivity contribution < 1.29 is 4.74 Å². The summed E-state index contributed by atoms with van der Waals surface area (Å²) in [6, 6.07) is 8.84. The summed E-state index contributed by atoms with van der Waals surface area (Å²) >= 11 is 0. The summed E-state index contributed by atoms with van der Waals surface area (Å²) < 4.78 is 5.62. The lowest BCUT2D eigenvalue weighted by molar-refractivity contribution is 0.304. The van der Waals surface area contributed by atoms with E-state index in [4.69, 9.17) is 4.74 Å². The summed E-state index contributed by atoms with van der Waals surface area (Å²) in [5.74, 6) is 0.995. The Labute approximate surface area is 80.7 Å². The van der Waals surface area contributed by atoms with Gasteiger partial charge in [-0.2, -0.15) is 0 Å². The molecule has 0 aromatic heterocycles. The lowest BCUT2D eigenvalue weighted by Gasteiger charge is -2.07.